The molecule has 0 atom stereocenters. The van der Waals surface area contributed by atoms with Crippen molar-refractivity contribution in [3.05, 3.63) is 29.8 Å². The van der Waals surface area contributed by atoms with E-state index in [-0.39, 0.29) is 18.3 Å². The molecular weight excluding hydrogens is 288 g/mol. The molecule has 1 aliphatic rings. The summed E-state index contributed by atoms with van der Waals surface area (Å²) in [6, 6.07) is 8.32. The second-order valence-electron chi connectivity index (χ2n) is 5.43. The van der Waals surface area contributed by atoms with Crippen molar-refractivity contribution < 1.29 is 9.53 Å². The quantitative estimate of drug-likeness (QED) is 0.877. The molecule has 4 nitrogen and oxygen atoms in total. The van der Waals surface area contributed by atoms with Crippen molar-refractivity contribution in [2.24, 2.45) is 5.73 Å². The van der Waals surface area contributed by atoms with E-state index in [2.05, 4.69) is 5.32 Å². The van der Waals surface area contributed by atoms with Gasteiger partial charge in [0.15, 0.2) is 0 Å². The van der Waals surface area contributed by atoms with Crippen LogP contribution in [0.25, 0.3) is 0 Å². The maximum atomic E-state index is 12.0. The minimum atomic E-state index is 0. The molecule has 3 N–H and O–H groups in total. The van der Waals surface area contributed by atoms with Crippen LogP contribution in [-0.4, -0.2) is 24.6 Å². The lowest BCUT2D eigenvalue weighted by Gasteiger charge is -2.26. The van der Waals surface area contributed by atoms with Gasteiger partial charge in [-0.1, -0.05) is 12.1 Å². The first kappa shape index (κ1) is 17.8. The summed E-state index contributed by atoms with van der Waals surface area (Å²) in [7, 11) is 0. The van der Waals surface area contributed by atoms with Crippen LogP contribution in [-0.2, 0) is 11.2 Å². The minimum Gasteiger partial charge on any atom is -0.494 e. The van der Waals surface area contributed by atoms with Crippen molar-refractivity contribution >= 4 is 18.3 Å². The highest BCUT2D eigenvalue weighted by atomic mass is 35.5. The fraction of sp³-hybridized carbons (Fsp3) is 0.562. The molecule has 1 amide bonds. The summed E-state index contributed by atoms with van der Waals surface area (Å²) < 4.78 is 5.38. The molecule has 0 saturated heterocycles. The molecule has 1 saturated carbocycles. The molecule has 0 spiro atoms. The zero-order chi connectivity index (χ0) is 14.4. The number of hydrogen-bond acceptors (Lipinski definition) is 3. The average molecular weight is 313 g/mol. The Morgan fingerprint density at radius 1 is 1.24 bits per heavy atom. The number of carbonyl (C=O) groups excluding carboxylic acids is 1. The van der Waals surface area contributed by atoms with Gasteiger partial charge in [-0.15, -0.1) is 12.4 Å². The number of amides is 1. The van der Waals surface area contributed by atoms with Crippen LogP contribution < -0.4 is 15.8 Å². The Bertz CT molecular complexity index is 428. The number of nitrogens with two attached hydrogens (primary N) is 1. The number of halogens is 1. The SMILES string of the molecule is CCOc1ccc(CC(=O)NC2CCC(N)CC2)cc1.Cl. The van der Waals surface area contributed by atoms with Crippen LogP contribution in [0.15, 0.2) is 24.3 Å². The van der Waals surface area contributed by atoms with Crippen molar-refractivity contribution in [2.45, 2.75) is 51.1 Å². The lowest BCUT2D eigenvalue weighted by molar-refractivity contribution is -0.121. The fourth-order valence-electron chi connectivity index (χ4n) is 2.60. The number of nitrogens with one attached hydrogen (secondary N) is 1. The summed E-state index contributed by atoms with van der Waals surface area (Å²) in [6.07, 6.45) is 4.43. The van der Waals surface area contributed by atoms with Crippen molar-refractivity contribution in [3.8, 4) is 5.75 Å². The van der Waals surface area contributed by atoms with Gasteiger partial charge >= 0.3 is 0 Å². The third-order valence-electron chi connectivity index (χ3n) is 3.74. The maximum absolute atomic E-state index is 12.0. The van der Waals surface area contributed by atoms with E-state index in [1.165, 1.54) is 0 Å². The number of ether oxygens (including phenoxy) is 1. The molecule has 1 aliphatic carbocycles. The van der Waals surface area contributed by atoms with Gasteiger partial charge in [-0.05, 0) is 50.3 Å². The summed E-state index contributed by atoms with van der Waals surface area (Å²) in [5.41, 5.74) is 6.88. The van der Waals surface area contributed by atoms with E-state index in [1.807, 2.05) is 31.2 Å². The van der Waals surface area contributed by atoms with Crippen LogP contribution in [0, 0.1) is 0 Å². The highest BCUT2D eigenvalue weighted by molar-refractivity contribution is 5.85. The first-order chi connectivity index (χ1) is 9.67. The Kier molecular flexibility index (Phi) is 7.54. The molecule has 1 aromatic carbocycles. The van der Waals surface area contributed by atoms with E-state index in [4.69, 9.17) is 10.5 Å². The zero-order valence-electron chi connectivity index (χ0n) is 12.5. The first-order valence-electron chi connectivity index (χ1n) is 7.44. The second kappa shape index (κ2) is 8.90. The average Bonchev–Trinajstić information content (AvgIpc) is 2.44. The van der Waals surface area contributed by atoms with Crippen molar-refractivity contribution in [1.29, 1.82) is 0 Å². The Hall–Kier alpha value is -1.26. The van der Waals surface area contributed by atoms with Gasteiger partial charge in [0, 0.05) is 12.1 Å². The number of hydrogen-bond donors (Lipinski definition) is 2. The van der Waals surface area contributed by atoms with E-state index in [9.17, 15) is 4.79 Å². The van der Waals surface area contributed by atoms with Crippen LogP contribution in [0.1, 0.15) is 38.2 Å². The molecule has 0 unspecified atom stereocenters. The number of carbonyl (C=O) groups is 1. The Morgan fingerprint density at radius 2 is 1.86 bits per heavy atom. The van der Waals surface area contributed by atoms with Crippen LogP contribution in [0.5, 0.6) is 5.75 Å². The molecule has 1 aromatic rings. The zero-order valence-corrected chi connectivity index (χ0v) is 13.3. The first-order valence-corrected chi connectivity index (χ1v) is 7.44. The predicted molar refractivity (Wildman–Crippen MR) is 86.9 cm³/mol. The van der Waals surface area contributed by atoms with Gasteiger partial charge in [-0.25, -0.2) is 0 Å². The van der Waals surface area contributed by atoms with Gasteiger partial charge in [-0.2, -0.15) is 0 Å². The topological polar surface area (TPSA) is 64.3 Å². The summed E-state index contributed by atoms with van der Waals surface area (Å²) in [5.74, 6) is 0.938. The molecule has 0 aliphatic heterocycles. The molecule has 118 valence electrons. The molecule has 0 bridgehead atoms. The smallest absolute Gasteiger partial charge is 0.224 e. The van der Waals surface area contributed by atoms with Crippen molar-refractivity contribution in [1.82, 2.24) is 5.32 Å². The highest BCUT2D eigenvalue weighted by Gasteiger charge is 2.19. The molecule has 2 rings (SSSR count). The molecule has 0 aromatic heterocycles. The van der Waals surface area contributed by atoms with Crippen LogP contribution >= 0.6 is 12.4 Å². The Balaban J connectivity index is 0.00000220. The van der Waals surface area contributed by atoms with Gasteiger partial charge in [0.25, 0.3) is 0 Å². The van der Waals surface area contributed by atoms with Gasteiger partial charge in [0.2, 0.25) is 5.91 Å². The largest absolute Gasteiger partial charge is 0.494 e. The normalized spacial score (nSPS) is 21.2. The molecule has 0 heterocycles. The van der Waals surface area contributed by atoms with E-state index < -0.39 is 0 Å². The second-order valence-corrected chi connectivity index (χ2v) is 5.43. The summed E-state index contributed by atoms with van der Waals surface area (Å²) in [4.78, 5) is 12.0. The lowest BCUT2D eigenvalue weighted by Crippen LogP contribution is -2.41. The molecule has 0 radical (unpaired) electrons. The monoisotopic (exact) mass is 312 g/mol. The molecular formula is C16H25ClN2O2. The molecule has 21 heavy (non-hydrogen) atoms. The van der Waals surface area contributed by atoms with Crippen LogP contribution in [0.2, 0.25) is 0 Å². The van der Waals surface area contributed by atoms with Crippen molar-refractivity contribution in [3.63, 3.8) is 0 Å². The Morgan fingerprint density at radius 3 is 2.43 bits per heavy atom. The van der Waals surface area contributed by atoms with E-state index >= 15 is 0 Å². The highest BCUT2D eigenvalue weighted by Crippen LogP contribution is 2.17. The van der Waals surface area contributed by atoms with Gasteiger partial charge in [-0.3, -0.25) is 4.79 Å². The van der Waals surface area contributed by atoms with Crippen LogP contribution in [0.3, 0.4) is 0 Å². The van der Waals surface area contributed by atoms with E-state index in [0.29, 0.717) is 25.1 Å². The fourth-order valence-corrected chi connectivity index (χ4v) is 2.60. The summed E-state index contributed by atoms with van der Waals surface area (Å²) in [5, 5.41) is 3.10. The summed E-state index contributed by atoms with van der Waals surface area (Å²) in [6.45, 7) is 2.61. The maximum Gasteiger partial charge on any atom is 0.224 e. The lowest BCUT2D eigenvalue weighted by atomic mass is 9.91. The van der Waals surface area contributed by atoms with E-state index in [0.717, 1.165) is 37.0 Å². The molecule has 5 heteroatoms. The third-order valence-corrected chi connectivity index (χ3v) is 3.74. The summed E-state index contributed by atoms with van der Waals surface area (Å²) >= 11 is 0. The van der Waals surface area contributed by atoms with Gasteiger partial charge < -0.3 is 15.8 Å². The van der Waals surface area contributed by atoms with Crippen LogP contribution in [0.4, 0.5) is 0 Å². The minimum absolute atomic E-state index is 0. The predicted octanol–water partition coefficient (Wildman–Crippen LogP) is 2.44. The number of rotatable bonds is 5. The van der Waals surface area contributed by atoms with Crippen molar-refractivity contribution in [2.75, 3.05) is 6.61 Å². The standard InChI is InChI=1S/C16H24N2O2.ClH/c1-2-20-15-9-3-12(4-10-15)11-16(19)18-14-7-5-13(17)6-8-14;/h3-4,9-10,13-14H,2,5-8,11,17H2,1H3,(H,18,19);1H. The molecule has 1 fully saturated rings. The Labute approximate surface area is 132 Å². The third kappa shape index (κ3) is 5.94. The van der Waals surface area contributed by atoms with E-state index in [1.54, 1.807) is 0 Å². The van der Waals surface area contributed by atoms with Gasteiger partial charge in [0.05, 0.1) is 13.0 Å². The van der Waals surface area contributed by atoms with Gasteiger partial charge in [0.1, 0.15) is 5.75 Å². The number of benzene rings is 1.